The van der Waals surface area contributed by atoms with Gasteiger partial charge < -0.3 is 14.8 Å². The molecule has 116 valence electrons. The normalized spacial score (nSPS) is 20.3. The topological polar surface area (TPSA) is 81.7 Å². The maximum atomic E-state index is 12.0. The number of nitrogens with one attached hydrogen (secondary N) is 1. The van der Waals surface area contributed by atoms with Crippen molar-refractivity contribution in [1.29, 1.82) is 0 Å². The van der Waals surface area contributed by atoms with Gasteiger partial charge in [0.2, 0.25) is 0 Å². The van der Waals surface area contributed by atoms with Crippen molar-refractivity contribution in [3.8, 4) is 0 Å². The van der Waals surface area contributed by atoms with Gasteiger partial charge in [0.15, 0.2) is 11.3 Å². The summed E-state index contributed by atoms with van der Waals surface area (Å²) < 4.78 is 9.82. The van der Waals surface area contributed by atoms with Crippen LogP contribution in [0.25, 0.3) is 0 Å². The molecule has 0 heterocycles. The van der Waals surface area contributed by atoms with Gasteiger partial charge in [0, 0.05) is 6.42 Å². The molecule has 0 radical (unpaired) electrons. The van der Waals surface area contributed by atoms with E-state index in [0.717, 1.165) is 5.56 Å². The number of alkyl carbamates (subject to hydrolysis) is 1. The first-order valence-electron chi connectivity index (χ1n) is 6.85. The van der Waals surface area contributed by atoms with E-state index in [1.165, 1.54) is 19.3 Å². The van der Waals surface area contributed by atoms with Gasteiger partial charge in [0.25, 0.3) is 0 Å². The Morgan fingerprint density at radius 2 is 2.00 bits per heavy atom. The van der Waals surface area contributed by atoms with Gasteiger partial charge in [-0.05, 0) is 24.1 Å². The first-order chi connectivity index (χ1) is 10.6. The van der Waals surface area contributed by atoms with Gasteiger partial charge in [-0.3, -0.25) is 4.79 Å². The average molecular weight is 303 g/mol. The summed E-state index contributed by atoms with van der Waals surface area (Å²) in [5, 5.41) is 2.50. The number of hydrogen-bond donors (Lipinski definition) is 1. The van der Waals surface area contributed by atoms with Crippen molar-refractivity contribution >= 4 is 17.8 Å². The molecule has 1 aromatic carbocycles. The Labute approximate surface area is 128 Å². The zero-order valence-electron chi connectivity index (χ0n) is 12.2. The van der Waals surface area contributed by atoms with E-state index in [1.54, 1.807) is 0 Å². The summed E-state index contributed by atoms with van der Waals surface area (Å²) in [7, 11) is 1.23. The van der Waals surface area contributed by atoms with Crippen molar-refractivity contribution in [2.24, 2.45) is 0 Å². The second-order valence-corrected chi connectivity index (χ2v) is 4.95. The lowest BCUT2D eigenvalue weighted by molar-refractivity contribution is -0.146. The Balaban J connectivity index is 2.01. The molecule has 6 nitrogen and oxygen atoms in total. The second-order valence-electron chi connectivity index (χ2n) is 4.95. The average Bonchev–Trinajstić information content (AvgIpc) is 2.55. The largest absolute Gasteiger partial charge is 0.467 e. The predicted octanol–water partition coefficient (Wildman–Crippen LogP) is 1.74. The number of allylic oxidation sites excluding steroid dienone is 1. The number of ketones is 1. The van der Waals surface area contributed by atoms with Crippen LogP contribution in [0.2, 0.25) is 0 Å². The minimum atomic E-state index is -1.35. The van der Waals surface area contributed by atoms with Crippen molar-refractivity contribution in [1.82, 2.24) is 5.32 Å². The first kappa shape index (κ1) is 15.8. The third kappa shape index (κ3) is 3.72. The highest BCUT2D eigenvalue weighted by molar-refractivity contribution is 5.96. The Bertz CT molecular complexity index is 596. The smallest absolute Gasteiger partial charge is 0.408 e. The Hall–Kier alpha value is -2.63. The standard InChI is InChI=1S/C16H17NO5/c1-21-14(19)16(9-7-13(18)8-10-16)17-15(20)22-11-12-5-3-2-4-6-12/h2-7,9H,8,10-11H2,1H3,(H,17,20)/t16-/m1/s1. The summed E-state index contributed by atoms with van der Waals surface area (Å²) >= 11 is 0. The summed E-state index contributed by atoms with van der Waals surface area (Å²) in [6.45, 7) is 0.0899. The monoisotopic (exact) mass is 303 g/mol. The molecule has 0 bridgehead atoms. The molecular formula is C16H17NO5. The lowest BCUT2D eigenvalue weighted by atomic mass is 9.87. The maximum absolute atomic E-state index is 12.0. The molecule has 0 aromatic heterocycles. The lowest BCUT2D eigenvalue weighted by Gasteiger charge is -2.30. The van der Waals surface area contributed by atoms with E-state index in [9.17, 15) is 14.4 Å². The molecule has 0 saturated heterocycles. The minimum absolute atomic E-state index is 0.0899. The van der Waals surface area contributed by atoms with Crippen LogP contribution in [0.15, 0.2) is 42.5 Å². The summed E-state index contributed by atoms with van der Waals surface area (Å²) in [6.07, 6.45) is 2.19. The summed E-state index contributed by atoms with van der Waals surface area (Å²) in [5.41, 5.74) is -0.518. The molecule has 1 N–H and O–H groups in total. The van der Waals surface area contributed by atoms with Gasteiger partial charge in [-0.25, -0.2) is 9.59 Å². The molecule has 6 heteroatoms. The summed E-state index contributed by atoms with van der Waals surface area (Å²) in [5.74, 6) is -0.730. The van der Waals surface area contributed by atoms with E-state index in [0.29, 0.717) is 0 Å². The molecule has 1 aliphatic rings. The molecule has 0 fully saturated rings. The molecule has 0 unspecified atom stereocenters. The Kier molecular flexibility index (Phi) is 4.93. The lowest BCUT2D eigenvalue weighted by Crippen LogP contribution is -2.55. The van der Waals surface area contributed by atoms with Crippen LogP contribution in [-0.2, 0) is 25.7 Å². The van der Waals surface area contributed by atoms with Crippen LogP contribution in [0.1, 0.15) is 18.4 Å². The number of carbonyl (C=O) groups is 3. The highest BCUT2D eigenvalue weighted by atomic mass is 16.6. The van der Waals surface area contributed by atoms with Crippen LogP contribution in [-0.4, -0.2) is 30.5 Å². The van der Waals surface area contributed by atoms with E-state index in [1.807, 2.05) is 30.3 Å². The van der Waals surface area contributed by atoms with E-state index < -0.39 is 17.6 Å². The van der Waals surface area contributed by atoms with Gasteiger partial charge in [0.1, 0.15) is 6.61 Å². The van der Waals surface area contributed by atoms with E-state index >= 15 is 0 Å². The summed E-state index contributed by atoms with van der Waals surface area (Å²) in [6, 6.07) is 9.18. The maximum Gasteiger partial charge on any atom is 0.408 e. The van der Waals surface area contributed by atoms with Crippen molar-refractivity contribution in [2.75, 3.05) is 7.11 Å². The molecule has 0 aliphatic heterocycles. The van der Waals surface area contributed by atoms with Crippen molar-refractivity contribution in [3.63, 3.8) is 0 Å². The summed E-state index contributed by atoms with van der Waals surface area (Å²) in [4.78, 5) is 35.2. The van der Waals surface area contributed by atoms with Crippen LogP contribution in [0.4, 0.5) is 4.79 Å². The van der Waals surface area contributed by atoms with Gasteiger partial charge in [-0.1, -0.05) is 30.3 Å². The molecule has 0 spiro atoms. The van der Waals surface area contributed by atoms with Crippen LogP contribution in [0.3, 0.4) is 0 Å². The number of methoxy groups -OCH3 is 1. The highest BCUT2D eigenvalue weighted by Crippen LogP contribution is 2.22. The number of ether oxygens (including phenoxy) is 2. The number of esters is 1. The van der Waals surface area contributed by atoms with E-state index in [4.69, 9.17) is 9.47 Å². The molecule has 22 heavy (non-hydrogen) atoms. The fraction of sp³-hybridized carbons (Fsp3) is 0.312. The highest BCUT2D eigenvalue weighted by Gasteiger charge is 2.41. The molecular weight excluding hydrogens is 286 g/mol. The van der Waals surface area contributed by atoms with Crippen LogP contribution >= 0.6 is 0 Å². The Morgan fingerprint density at radius 3 is 2.59 bits per heavy atom. The molecule has 2 rings (SSSR count). The zero-order chi connectivity index (χ0) is 16.0. The van der Waals surface area contributed by atoms with Crippen LogP contribution < -0.4 is 5.32 Å². The quantitative estimate of drug-likeness (QED) is 0.857. The van der Waals surface area contributed by atoms with Gasteiger partial charge in [-0.2, -0.15) is 0 Å². The fourth-order valence-electron chi connectivity index (χ4n) is 2.17. The predicted molar refractivity (Wildman–Crippen MR) is 77.9 cm³/mol. The van der Waals surface area contributed by atoms with Crippen molar-refractivity contribution in [3.05, 3.63) is 48.0 Å². The number of rotatable bonds is 4. The molecule has 1 amide bonds. The van der Waals surface area contributed by atoms with Crippen LogP contribution in [0.5, 0.6) is 0 Å². The molecule has 1 aromatic rings. The number of hydrogen-bond acceptors (Lipinski definition) is 5. The zero-order valence-corrected chi connectivity index (χ0v) is 12.2. The van der Waals surface area contributed by atoms with Crippen molar-refractivity contribution in [2.45, 2.75) is 25.0 Å². The number of benzene rings is 1. The third-order valence-electron chi connectivity index (χ3n) is 3.41. The first-order valence-corrected chi connectivity index (χ1v) is 6.85. The van der Waals surface area contributed by atoms with Gasteiger partial charge >= 0.3 is 12.1 Å². The van der Waals surface area contributed by atoms with Gasteiger partial charge in [-0.15, -0.1) is 0 Å². The molecule has 0 saturated carbocycles. The SMILES string of the molecule is COC(=O)[C@@]1(NC(=O)OCc2ccccc2)C=CC(=O)CC1. The van der Waals surface area contributed by atoms with E-state index in [2.05, 4.69) is 5.32 Å². The fourth-order valence-corrected chi connectivity index (χ4v) is 2.17. The minimum Gasteiger partial charge on any atom is -0.467 e. The van der Waals surface area contributed by atoms with E-state index in [-0.39, 0.29) is 25.2 Å². The second kappa shape index (κ2) is 6.89. The van der Waals surface area contributed by atoms with Crippen molar-refractivity contribution < 1.29 is 23.9 Å². The molecule has 1 aliphatic carbocycles. The number of amides is 1. The van der Waals surface area contributed by atoms with Crippen LogP contribution in [0, 0.1) is 0 Å². The molecule has 1 atom stereocenters. The van der Waals surface area contributed by atoms with Gasteiger partial charge in [0.05, 0.1) is 7.11 Å². The number of carbonyl (C=O) groups excluding carboxylic acids is 3. The Morgan fingerprint density at radius 1 is 1.27 bits per heavy atom. The third-order valence-corrected chi connectivity index (χ3v) is 3.41.